The second-order valence-corrected chi connectivity index (χ2v) is 4.67. The van der Waals surface area contributed by atoms with Gasteiger partial charge in [0.2, 0.25) is 5.91 Å². The third kappa shape index (κ3) is 4.62. The van der Waals surface area contributed by atoms with E-state index in [0.717, 1.165) is 32.7 Å². The number of ether oxygens (including phenoxy) is 1. The summed E-state index contributed by atoms with van der Waals surface area (Å²) in [5, 5.41) is 3.03. The first-order chi connectivity index (χ1) is 7.03. The highest BCUT2D eigenvalue weighted by Crippen LogP contribution is 2.06. The molecule has 1 saturated heterocycles. The number of nitrogens with zero attached hydrogens (tertiary/aromatic N) is 1. The molecule has 1 aliphatic heterocycles. The second kappa shape index (κ2) is 5.47. The molecule has 0 aromatic rings. The molecule has 0 radical (unpaired) electrons. The predicted octanol–water partition coefficient (Wildman–Crippen LogP) is 0.623. The number of hydrogen-bond donors (Lipinski definition) is 1. The molecule has 0 spiro atoms. The van der Waals surface area contributed by atoms with Crippen molar-refractivity contribution in [1.29, 1.82) is 0 Å². The van der Waals surface area contributed by atoms with Crippen LogP contribution in [0.1, 0.15) is 27.2 Å². The number of carbonyl (C=O) groups excluding carboxylic acids is 1. The van der Waals surface area contributed by atoms with Gasteiger partial charge in [-0.05, 0) is 20.3 Å². The van der Waals surface area contributed by atoms with Gasteiger partial charge in [-0.25, -0.2) is 0 Å². The monoisotopic (exact) mass is 214 g/mol. The molecular weight excluding hydrogens is 192 g/mol. The average Bonchev–Trinajstić information content (AvgIpc) is 2.18. The highest BCUT2D eigenvalue weighted by Gasteiger charge is 2.20. The zero-order valence-corrected chi connectivity index (χ0v) is 10.0. The normalized spacial score (nSPS) is 18.9. The van der Waals surface area contributed by atoms with E-state index in [1.54, 1.807) is 0 Å². The molecule has 88 valence electrons. The van der Waals surface area contributed by atoms with E-state index in [0.29, 0.717) is 6.54 Å². The lowest BCUT2D eigenvalue weighted by molar-refractivity contribution is -0.124. The van der Waals surface area contributed by atoms with Crippen molar-refractivity contribution in [3.05, 3.63) is 0 Å². The topological polar surface area (TPSA) is 41.6 Å². The van der Waals surface area contributed by atoms with Gasteiger partial charge in [0.25, 0.3) is 0 Å². The van der Waals surface area contributed by atoms with Crippen LogP contribution in [0.2, 0.25) is 0 Å². The number of carbonyl (C=O) groups is 1. The van der Waals surface area contributed by atoms with Crippen LogP contribution in [0.4, 0.5) is 0 Å². The molecule has 4 heteroatoms. The summed E-state index contributed by atoms with van der Waals surface area (Å²) < 4.78 is 5.23. The van der Waals surface area contributed by atoms with Crippen molar-refractivity contribution < 1.29 is 9.53 Å². The Morgan fingerprint density at radius 2 is 2.00 bits per heavy atom. The molecule has 0 bridgehead atoms. The van der Waals surface area contributed by atoms with Crippen molar-refractivity contribution in [2.75, 3.05) is 32.8 Å². The molecule has 0 aromatic carbocycles. The van der Waals surface area contributed by atoms with Crippen molar-refractivity contribution in [3.63, 3.8) is 0 Å². The van der Waals surface area contributed by atoms with Crippen molar-refractivity contribution in [3.8, 4) is 0 Å². The maximum Gasteiger partial charge on any atom is 0.234 e. The Morgan fingerprint density at radius 1 is 1.40 bits per heavy atom. The third-order valence-corrected chi connectivity index (χ3v) is 2.83. The van der Waals surface area contributed by atoms with E-state index in [2.05, 4.69) is 17.1 Å². The second-order valence-electron chi connectivity index (χ2n) is 4.67. The van der Waals surface area contributed by atoms with Gasteiger partial charge in [0, 0.05) is 18.6 Å². The van der Waals surface area contributed by atoms with Crippen LogP contribution < -0.4 is 5.32 Å². The Hall–Kier alpha value is -0.610. The van der Waals surface area contributed by atoms with Gasteiger partial charge in [-0.3, -0.25) is 9.69 Å². The Labute approximate surface area is 92.0 Å². The van der Waals surface area contributed by atoms with E-state index < -0.39 is 0 Å². The number of amides is 1. The summed E-state index contributed by atoms with van der Waals surface area (Å²) in [6, 6.07) is 0. The number of rotatable bonds is 4. The molecule has 15 heavy (non-hydrogen) atoms. The van der Waals surface area contributed by atoms with Crippen LogP contribution in [0.15, 0.2) is 0 Å². The quantitative estimate of drug-likeness (QED) is 0.746. The maximum absolute atomic E-state index is 11.7. The zero-order chi connectivity index (χ0) is 11.3. The minimum Gasteiger partial charge on any atom is -0.379 e. The lowest BCUT2D eigenvalue weighted by atomic mass is 10.0. The van der Waals surface area contributed by atoms with Crippen LogP contribution in [0, 0.1) is 0 Å². The largest absolute Gasteiger partial charge is 0.379 e. The number of hydrogen-bond acceptors (Lipinski definition) is 3. The summed E-state index contributed by atoms with van der Waals surface area (Å²) >= 11 is 0. The van der Waals surface area contributed by atoms with Gasteiger partial charge in [-0.15, -0.1) is 0 Å². The highest BCUT2D eigenvalue weighted by atomic mass is 16.5. The lowest BCUT2D eigenvalue weighted by Gasteiger charge is -2.29. The van der Waals surface area contributed by atoms with Crippen molar-refractivity contribution >= 4 is 5.91 Å². The van der Waals surface area contributed by atoms with E-state index in [1.165, 1.54) is 0 Å². The van der Waals surface area contributed by atoms with Gasteiger partial charge < -0.3 is 10.1 Å². The lowest BCUT2D eigenvalue weighted by Crippen LogP contribution is -2.49. The van der Waals surface area contributed by atoms with Crippen molar-refractivity contribution in [2.45, 2.75) is 32.7 Å². The molecule has 0 aliphatic carbocycles. The molecule has 0 unspecified atom stereocenters. The van der Waals surface area contributed by atoms with Crippen LogP contribution in [-0.2, 0) is 9.53 Å². The summed E-state index contributed by atoms with van der Waals surface area (Å²) in [4.78, 5) is 13.8. The minimum atomic E-state index is -0.0939. The fourth-order valence-electron chi connectivity index (χ4n) is 1.47. The summed E-state index contributed by atoms with van der Waals surface area (Å²) in [6.45, 7) is 9.87. The third-order valence-electron chi connectivity index (χ3n) is 2.83. The van der Waals surface area contributed by atoms with E-state index in [1.807, 2.05) is 13.8 Å². The smallest absolute Gasteiger partial charge is 0.234 e. The van der Waals surface area contributed by atoms with E-state index >= 15 is 0 Å². The first kappa shape index (κ1) is 12.5. The summed E-state index contributed by atoms with van der Waals surface area (Å²) in [6.07, 6.45) is 0.946. The molecular formula is C11H22N2O2. The molecule has 1 fully saturated rings. The molecule has 0 aromatic heterocycles. The Bertz CT molecular complexity index is 211. The van der Waals surface area contributed by atoms with Gasteiger partial charge in [0.05, 0.1) is 19.8 Å². The number of morpholine rings is 1. The molecule has 1 aliphatic rings. The molecule has 0 saturated carbocycles. The molecule has 1 amide bonds. The predicted molar refractivity (Wildman–Crippen MR) is 59.8 cm³/mol. The summed E-state index contributed by atoms with van der Waals surface area (Å²) in [5.74, 6) is 0.115. The van der Waals surface area contributed by atoms with Gasteiger partial charge in [-0.2, -0.15) is 0 Å². The maximum atomic E-state index is 11.7. The summed E-state index contributed by atoms with van der Waals surface area (Å²) in [5.41, 5.74) is -0.0939. The zero-order valence-electron chi connectivity index (χ0n) is 10.0. The van der Waals surface area contributed by atoms with Crippen LogP contribution >= 0.6 is 0 Å². The Balaban J connectivity index is 2.28. The summed E-state index contributed by atoms with van der Waals surface area (Å²) in [7, 11) is 0. The first-order valence-electron chi connectivity index (χ1n) is 5.64. The van der Waals surface area contributed by atoms with Crippen molar-refractivity contribution in [1.82, 2.24) is 10.2 Å². The molecule has 1 rings (SSSR count). The van der Waals surface area contributed by atoms with Gasteiger partial charge in [-0.1, -0.05) is 6.92 Å². The highest BCUT2D eigenvalue weighted by molar-refractivity contribution is 5.78. The van der Waals surface area contributed by atoms with E-state index in [4.69, 9.17) is 4.74 Å². The van der Waals surface area contributed by atoms with Crippen molar-refractivity contribution in [2.24, 2.45) is 0 Å². The fourth-order valence-corrected chi connectivity index (χ4v) is 1.47. The molecule has 1 N–H and O–H groups in total. The number of nitrogens with one attached hydrogen (secondary N) is 1. The minimum absolute atomic E-state index is 0.0939. The average molecular weight is 214 g/mol. The fraction of sp³-hybridized carbons (Fsp3) is 0.909. The van der Waals surface area contributed by atoms with E-state index in [9.17, 15) is 4.79 Å². The Morgan fingerprint density at radius 3 is 2.53 bits per heavy atom. The molecule has 4 nitrogen and oxygen atoms in total. The Kier molecular flexibility index (Phi) is 4.54. The molecule has 1 heterocycles. The van der Waals surface area contributed by atoms with Gasteiger partial charge in [0.1, 0.15) is 0 Å². The van der Waals surface area contributed by atoms with Crippen LogP contribution in [0.25, 0.3) is 0 Å². The van der Waals surface area contributed by atoms with Gasteiger partial charge in [0.15, 0.2) is 0 Å². The SMILES string of the molecule is CCC(C)(C)NC(=O)CN1CCOCC1. The standard InChI is InChI=1S/C11H22N2O2/c1-4-11(2,3)12-10(14)9-13-5-7-15-8-6-13/h4-9H2,1-3H3,(H,12,14). The van der Waals surface area contributed by atoms with E-state index in [-0.39, 0.29) is 11.4 Å². The van der Waals surface area contributed by atoms with Crippen LogP contribution in [-0.4, -0.2) is 49.2 Å². The molecule has 0 atom stereocenters. The van der Waals surface area contributed by atoms with Crippen LogP contribution in [0.5, 0.6) is 0 Å². The van der Waals surface area contributed by atoms with Gasteiger partial charge >= 0.3 is 0 Å². The van der Waals surface area contributed by atoms with Crippen LogP contribution in [0.3, 0.4) is 0 Å². The first-order valence-corrected chi connectivity index (χ1v) is 5.64.